The van der Waals surface area contributed by atoms with Crippen LogP contribution in [0.15, 0.2) is 29.2 Å². The van der Waals surface area contributed by atoms with Crippen molar-refractivity contribution in [2.45, 2.75) is 24.8 Å². The van der Waals surface area contributed by atoms with Gasteiger partial charge in [-0.15, -0.1) is 10.2 Å². The van der Waals surface area contributed by atoms with E-state index in [1.54, 1.807) is 12.1 Å². The van der Waals surface area contributed by atoms with Gasteiger partial charge in [0.15, 0.2) is 0 Å². The summed E-state index contributed by atoms with van der Waals surface area (Å²) in [5, 5.41) is 8.72. The average molecular weight is 298 g/mol. The van der Waals surface area contributed by atoms with Crippen LogP contribution in [0.25, 0.3) is 0 Å². The minimum atomic E-state index is -3.62. The predicted octanol–water partition coefficient (Wildman–Crippen LogP) is 1.36. The minimum absolute atomic E-state index is 0.179. The zero-order chi connectivity index (χ0) is 13.9. The Hall–Kier alpha value is -1.51. The highest BCUT2D eigenvalue weighted by Gasteiger charge is 2.16. The van der Waals surface area contributed by atoms with Crippen LogP contribution >= 0.6 is 11.3 Å². The first-order valence-corrected chi connectivity index (χ1v) is 7.99. The van der Waals surface area contributed by atoms with E-state index in [0.717, 1.165) is 17.0 Å². The lowest BCUT2D eigenvalue weighted by Gasteiger charge is -2.05. The molecule has 0 fully saturated rings. The van der Waals surface area contributed by atoms with Gasteiger partial charge in [-0.2, -0.15) is 0 Å². The van der Waals surface area contributed by atoms with Gasteiger partial charge >= 0.3 is 0 Å². The van der Waals surface area contributed by atoms with Crippen LogP contribution in [0.5, 0.6) is 0 Å². The first kappa shape index (κ1) is 13.9. The highest BCUT2D eigenvalue weighted by molar-refractivity contribution is 7.93. The smallest absolute Gasteiger partial charge is 0.263 e. The van der Waals surface area contributed by atoms with Crippen LogP contribution in [-0.4, -0.2) is 18.6 Å². The fourth-order valence-electron chi connectivity index (χ4n) is 1.42. The van der Waals surface area contributed by atoms with Crippen molar-refractivity contribution in [1.29, 1.82) is 0 Å². The van der Waals surface area contributed by atoms with Gasteiger partial charge in [0, 0.05) is 6.54 Å². The third kappa shape index (κ3) is 3.28. The second kappa shape index (κ2) is 5.64. The van der Waals surface area contributed by atoms with E-state index < -0.39 is 10.0 Å². The van der Waals surface area contributed by atoms with E-state index in [9.17, 15) is 8.42 Å². The highest BCUT2D eigenvalue weighted by atomic mass is 32.2. The lowest BCUT2D eigenvalue weighted by molar-refractivity contribution is 0.601. The lowest BCUT2D eigenvalue weighted by Crippen LogP contribution is -2.13. The second-order valence-corrected chi connectivity index (χ2v) is 6.55. The number of aryl methyl sites for hydroxylation is 1. The molecule has 102 valence electrons. The van der Waals surface area contributed by atoms with E-state index in [-0.39, 0.29) is 10.0 Å². The summed E-state index contributed by atoms with van der Waals surface area (Å²) in [6, 6.07) is 6.41. The van der Waals surface area contributed by atoms with Crippen molar-refractivity contribution in [3.8, 4) is 0 Å². The van der Waals surface area contributed by atoms with Crippen molar-refractivity contribution in [1.82, 2.24) is 10.2 Å². The Morgan fingerprint density at radius 1 is 1.26 bits per heavy atom. The summed E-state index contributed by atoms with van der Waals surface area (Å²) in [5.41, 5.74) is 6.35. The summed E-state index contributed by atoms with van der Waals surface area (Å²) in [5.74, 6) is 0. The second-order valence-electron chi connectivity index (χ2n) is 3.81. The van der Waals surface area contributed by atoms with Gasteiger partial charge in [0.1, 0.15) is 5.01 Å². The normalized spacial score (nSPS) is 11.5. The first-order valence-electron chi connectivity index (χ1n) is 5.69. The molecule has 0 saturated heterocycles. The monoisotopic (exact) mass is 298 g/mol. The van der Waals surface area contributed by atoms with Gasteiger partial charge < -0.3 is 5.73 Å². The van der Waals surface area contributed by atoms with Gasteiger partial charge in [0.05, 0.1) is 4.90 Å². The zero-order valence-corrected chi connectivity index (χ0v) is 12.0. The number of nitrogens with two attached hydrogens (primary N) is 1. The molecular formula is C11H14N4O2S2. The standard InChI is InChI=1S/C11H14N4O2S2/c1-2-10-13-14-11(18-10)15-19(16,17)9-5-3-8(7-12)4-6-9/h3-6H,2,7,12H2,1H3,(H,14,15). The van der Waals surface area contributed by atoms with Gasteiger partial charge in [-0.25, -0.2) is 8.42 Å². The number of sulfonamides is 1. The Labute approximate surface area is 115 Å². The number of benzene rings is 1. The SMILES string of the molecule is CCc1nnc(NS(=O)(=O)c2ccc(CN)cc2)s1. The summed E-state index contributed by atoms with van der Waals surface area (Å²) in [6.07, 6.45) is 0.727. The van der Waals surface area contributed by atoms with Crippen LogP contribution < -0.4 is 10.5 Å². The van der Waals surface area contributed by atoms with Crippen LogP contribution in [0.4, 0.5) is 5.13 Å². The van der Waals surface area contributed by atoms with Crippen LogP contribution in [-0.2, 0) is 23.0 Å². The Bertz CT molecular complexity index is 650. The first-order chi connectivity index (χ1) is 9.05. The van der Waals surface area contributed by atoms with Crippen LogP contribution in [0, 0.1) is 0 Å². The maximum absolute atomic E-state index is 12.1. The number of nitrogens with one attached hydrogen (secondary N) is 1. The van der Waals surface area contributed by atoms with Gasteiger partial charge in [0.2, 0.25) is 5.13 Å². The van der Waals surface area contributed by atoms with Crippen LogP contribution in [0.2, 0.25) is 0 Å². The molecule has 6 nitrogen and oxygen atoms in total. The molecule has 3 N–H and O–H groups in total. The summed E-state index contributed by atoms with van der Waals surface area (Å²) in [4.78, 5) is 0.179. The topological polar surface area (TPSA) is 98.0 Å². The molecule has 0 unspecified atom stereocenters. The van der Waals surface area contributed by atoms with Crippen molar-refractivity contribution >= 4 is 26.5 Å². The molecule has 0 aliphatic heterocycles. The largest absolute Gasteiger partial charge is 0.326 e. The van der Waals surface area contributed by atoms with Crippen molar-refractivity contribution in [3.05, 3.63) is 34.8 Å². The summed E-state index contributed by atoms with van der Waals surface area (Å²) < 4.78 is 26.6. The Morgan fingerprint density at radius 3 is 2.47 bits per heavy atom. The lowest BCUT2D eigenvalue weighted by atomic mass is 10.2. The quantitative estimate of drug-likeness (QED) is 0.868. The Morgan fingerprint density at radius 2 is 1.95 bits per heavy atom. The Kier molecular flexibility index (Phi) is 4.13. The molecule has 1 aromatic carbocycles. The molecule has 1 heterocycles. The van der Waals surface area contributed by atoms with Crippen molar-refractivity contribution in [2.75, 3.05) is 4.72 Å². The fraction of sp³-hybridized carbons (Fsp3) is 0.273. The number of nitrogens with zero attached hydrogens (tertiary/aromatic N) is 2. The number of hydrogen-bond donors (Lipinski definition) is 2. The van der Waals surface area contributed by atoms with E-state index in [4.69, 9.17) is 5.73 Å². The minimum Gasteiger partial charge on any atom is -0.326 e. The van der Waals surface area contributed by atoms with E-state index in [0.29, 0.717) is 6.54 Å². The van der Waals surface area contributed by atoms with Gasteiger partial charge in [-0.1, -0.05) is 30.4 Å². The van der Waals surface area contributed by atoms with E-state index in [2.05, 4.69) is 14.9 Å². The molecule has 0 radical (unpaired) electrons. The van der Waals surface area contributed by atoms with E-state index in [1.807, 2.05) is 6.92 Å². The molecule has 19 heavy (non-hydrogen) atoms. The number of hydrogen-bond acceptors (Lipinski definition) is 6. The van der Waals surface area contributed by atoms with E-state index >= 15 is 0 Å². The van der Waals surface area contributed by atoms with Crippen molar-refractivity contribution in [2.24, 2.45) is 5.73 Å². The molecule has 1 aromatic heterocycles. The molecule has 0 spiro atoms. The number of anilines is 1. The number of aromatic nitrogens is 2. The van der Waals surface area contributed by atoms with Crippen LogP contribution in [0.3, 0.4) is 0 Å². The van der Waals surface area contributed by atoms with Gasteiger partial charge in [-0.05, 0) is 24.1 Å². The molecule has 0 atom stereocenters. The third-order valence-corrected chi connectivity index (χ3v) is 4.93. The molecular weight excluding hydrogens is 284 g/mol. The van der Waals surface area contributed by atoms with E-state index in [1.165, 1.54) is 23.5 Å². The molecule has 0 aliphatic rings. The molecule has 8 heteroatoms. The van der Waals surface area contributed by atoms with Crippen molar-refractivity contribution in [3.63, 3.8) is 0 Å². The van der Waals surface area contributed by atoms with Crippen molar-refractivity contribution < 1.29 is 8.42 Å². The summed E-state index contributed by atoms with van der Waals surface area (Å²) in [6.45, 7) is 2.31. The maximum Gasteiger partial charge on any atom is 0.263 e. The van der Waals surface area contributed by atoms with Gasteiger partial charge in [0.25, 0.3) is 10.0 Å². The summed E-state index contributed by atoms with van der Waals surface area (Å²) >= 11 is 1.23. The third-order valence-electron chi connectivity index (χ3n) is 2.46. The molecule has 0 aliphatic carbocycles. The molecule has 0 amide bonds. The molecule has 0 saturated carbocycles. The molecule has 0 bridgehead atoms. The Balaban J connectivity index is 2.21. The average Bonchev–Trinajstić information content (AvgIpc) is 2.85. The number of rotatable bonds is 5. The highest BCUT2D eigenvalue weighted by Crippen LogP contribution is 2.20. The molecule has 2 aromatic rings. The van der Waals surface area contributed by atoms with Gasteiger partial charge in [-0.3, -0.25) is 4.72 Å². The fourth-order valence-corrected chi connectivity index (χ4v) is 3.33. The van der Waals surface area contributed by atoms with Crippen LogP contribution in [0.1, 0.15) is 17.5 Å². The zero-order valence-electron chi connectivity index (χ0n) is 10.3. The summed E-state index contributed by atoms with van der Waals surface area (Å²) in [7, 11) is -3.62. The maximum atomic E-state index is 12.1. The predicted molar refractivity (Wildman–Crippen MR) is 74.4 cm³/mol. The molecule has 2 rings (SSSR count).